The molecule has 0 unspecified atom stereocenters. The van der Waals surface area contributed by atoms with Gasteiger partial charge in [-0.25, -0.2) is 4.98 Å². The second-order valence-electron chi connectivity index (χ2n) is 3.82. The van der Waals surface area contributed by atoms with Gasteiger partial charge in [0.1, 0.15) is 6.54 Å². The first-order valence-corrected chi connectivity index (χ1v) is 6.50. The van der Waals surface area contributed by atoms with Crippen molar-refractivity contribution in [3.63, 3.8) is 0 Å². The summed E-state index contributed by atoms with van der Waals surface area (Å²) >= 11 is 1.49. The topological polar surface area (TPSA) is 97.1 Å². The van der Waals surface area contributed by atoms with Crippen LogP contribution in [0.4, 0.5) is 5.82 Å². The molecule has 0 saturated carbocycles. The summed E-state index contributed by atoms with van der Waals surface area (Å²) in [5, 5.41) is 17.0. The second-order valence-corrected chi connectivity index (χ2v) is 4.54. The number of carboxylic acid groups (broad SMARTS) is 1. The molecule has 2 heterocycles. The lowest BCUT2D eigenvalue weighted by molar-refractivity contribution is -0.137. The molecule has 0 aliphatic heterocycles. The SMILES string of the molecule is O=C(O)Cn1ccc(NC(=O)CCc2cscn2)n1. The van der Waals surface area contributed by atoms with Crippen LogP contribution in [-0.4, -0.2) is 31.7 Å². The van der Waals surface area contributed by atoms with E-state index in [0.717, 1.165) is 5.69 Å². The zero-order valence-electron chi connectivity index (χ0n) is 9.94. The summed E-state index contributed by atoms with van der Waals surface area (Å²) in [4.78, 5) is 26.2. The number of aliphatic carboxylic acids is 1. The number of nitrogens with one attached hydrogen (secondary N) is 1. The fourth-order valence-corrected chi connectivity index (χ4v) is 2.06. The Morgan fingerprint density at radius 2 is 2.32 bits per heavy atom. The number of hydrogen-bond donors (Lipinski definition) is 2. The molecule has 0 bridgehead atoms. The van der Waals surface area contributed by atoms with Crippen molar-refractivity contribution in [2.24, 2.45) is 0 Å². The average molecular weight is 280 g/mol. The molecule has 2 aromatic rings. The van der Waals surface area contributed by atoms with Gasteiger partial charge in [0.15, 0.2) is 5.82 Å². The normalized spacial score (nSPS) is 10.3. The van der Waals surface area contributed by atoms with E-state index in [-0.39, 0.29) is 12.5 Å². The van der Waals surface area contributed by atoms with Crippen molar-refractivity contribution in [1.82, 2.24) is 14.8 Å². The van der Waals surface area contributed by atoms with Crippen molar-refractivity contribution in [3.8, 4) is 0 Å². The van der Waals surface area contributed by atoms with E-state index in [1.54, 1.807) is 11.6 Å². The number of anilines is 1. The first-order chi connectivity index (χ1) is 9.13. The molecule has 0 atom stereocenters. The van der Waals surface area contributed by atoms with E-state index in [9.17, 15) is 9.59 Å². The second kappa shape index (κ2) is 6.10. The Balaban J connectivity index is 1.81. The largest absolute Gasteiger partial charge is 0.480 e. The predicted molar refractivity (Wildman–Crippen MR) is 68.9 cm³/mol. The zero-order valence-corrected chi connectivity index (χ0v) is 10.8. The Labute approximate surface area is 112 Å². The van der Waals surface area contributed by atoms with Gasteiger partial charge >= 0.3 is 5.97 Å². The fourth-order valence-electron chi connectivity index (χ4n) is 1.46. The number of aromatic nitrogens is 3. The first-order valence-electron chi connectivity index (χ1n) is 5.55. The van der Waals surface area contributed by atoms with Crippen molar-refractivity contribution >= 4 is 29.0 Å². The number of amides is 1. The first kappa shape index (κ1) is 13.2. The van der Waals surface area contributed by atoms with E-state index in [1.165, 1.54) is 22.2 Å². The van der Waals surface area contributed by atoms with Crippen molar-refractivity contribution in [2.45, 2.75) is 19.4 Å². The van der Waals surface area contributed by atoms with Gasteiger partial charge in [0.25, 0.3) is 0 Å². The highest BCUT2D eigenvalue weighted by Gasteiger charge is 2.07. The Morgan fingerprint density at radius 1 is 1.47 bits per heavy atom. The number of carboxylic acids is 1. The Hall–Kier alpha value is -2.22. The van der Waals surface area contributed by atoms with E-state index in [0.29, 0.717) is 18.7 Å². The molecule has 1 amide bonds. The van der Waals surface area contributed by atoms with Gasteiger partial charge in [0, 0.05) is 24.1 Å². The third-order valence-electron chi connectivity index (χ3n) is 2.30. The van der Waals surface area contributed by atoms with Crippen molar-refractivity contribution in [2.75, 3.05) is 5.32 Å². The summed E-state index contributed by atoms with van der Waals surface area (Å²) in [6, 6.07) is 1.56. The van der Waals surface area contributed by atoms with Crippen LogP contribution in [0.5, 0.6) is 0 Å². The van der Waals surface area contributed by atoms with Gasteiger partial charge in [0.05, 0.1) is 11.2 Å². The zero-order chi connectivity index (χ0) is 13.7. The number of nitrogens with zero attached hydrogens (tertiary/aromatic N) is 3. The number of rotatable bonds is 6. The molecule has 0 radical (unpaired) electrons. The maximum Gasteiger partial charge on any atom is 0.325 e. The molecule has 0 spiro atoms. The summed E-state index contributed by atoms with van der Waals surface area (Å²) in [6.45, 7) is -0.227. The third kappa shape index (κ3) is 4.18. The van der Waals surface area contributed by atoms with Crippen LogP contribution in [-0.2, 0) is 22.6 Å². The number of thiazole rings is 1. The van der Waals surface area contributed by atoms with Crippen LogP contribution >= 0.6 is 11.3 Å². The monoisotopic (exact) mass is 280 g/mol. The molecule has 0 aliphatic rings. The molecule has 100 valence electrons. The number of hydrogen-bond acceptors (Lipinski definition) is 5. The predicted octanol–water partition coefficient (Wildman–Crippen LogP) is 0.995. The van der Waals surface area contributed by atoms with E-state index in [2.05, 4.69) is 15.4 Å². The molecule has 0 aliphatic carbocycles. The highest BCUT2D eigenvalue weighted by Crippen LogP contribution is 2.07. The maximum absolute atomic E-state index is 11.6. The van der Waals surface area contributed by atoms with Crippen molar-refractivity contribution < 1.29 is 14.7 Å². The molecule has 0 saturated heterocycles. The third-order valence-corrected chi connectivity index (χ3v) is 2.93. The fraction of sp³-hybridized carbons (Fsp3) is 0.273. The van der Waals surface area contributed by atoms with E-state index in [1.807, 2.05) is 5.38 Å². The lowest BCUT2D eigenvalue weighted by Crippen LogP contribution is -2.14. The molecular weight excluding hydrogens is 268 g/mol. The van der Waals surface area contributed by atoms with Gasteiger partial charge in [-0.2, -0.15) is 5.10 Å². The molecular formula is C11H12N4O3S. The van der Waals surface area contributed by atoms with Crippen LogP contribution in [0.3, 0.4) is 0 Å². The molecule has 2 aromatic heterocycles. The van der Waals surface area contributed by atoms with Crippen LogP contribution in [0.1, 0.15) is 12.1 Å². The lowest BCUT2D eigenvalue weighted by Gasteiger charge is -2.00. The smallest absolute Gasteiger partial charge is 0.325 e. The molecule has 8 heteroatoms. The highest BCUT2D eigenvalue weighted by molar-refractivity contribution is 7.07. The maximum atomic E-state index is 11.6. The van der Waals surface area contributed by atoms with Gasteiger partial charge in [-0.3, -0.25) is 14.3 Å². The van der Waals surface area contributed by atoms with Crippen LogP contribution in [0, 0.1) is 0 Å². The summed E-state index contributed by atoms with van der Waals surface area (Å²) in [7, 11) is 0. The molecule has 7 nitrogen and oxygen atoms in total. The minimum atomic E-state index is -0.982. The Kier molecular flexibility index (Phi) is 4.24. The van der Waals surface area contributed by atoms with Crippen molar-refractivity contribution in [1.29, 1.82) is 0 Å². The van der Waals surface area contributed by atoms with E-state index < -0.39 is 5.97 Å². The van der Waals surface area contributed by atoms with E-state index in [4.69, 9.17) is 5.11 Å². The van der Waals surface area contributed by atoms with Crippen LogP contribution in [0.25, 0.3) is 0 Å². The molecule has 0 aromatic carbocycles. The molecule has 2 rings (SSSR count). The van der Waals surface area contributed by atoms with Crippen LogP contribution < -0.4 is 5.32 Å². The van der Waals surface area contributed by atoms with E-state index >= 15 is 0 Å². The summed E-state index contributed by atoms with van der Waals surface area (Å²) in [5.41, 5.74) is 2.61. The summed E-state index contributed by atoms with van der Waals surface area (Å²) in [6.07, 6.45) is 2.39. The van der Waals surface area contributed by atoms with Gasteiger partial charge in [-0.15, -0.1) is 11.3 Å². The average Bonchev–Trinajstić information content (AvgIpc) is 2.97. The standard InChI is InChI=1S/C11H12N4O3S/c16-10(2-1-8-6-19-7-12-8)13-9-3-4-15(14-9)5-11(17)18/h3-4,6-7H,1-2,5H2,(H,17,18)(H,13,14,16). The summed E-state index contributed by atoms with van der Waals surface area (Å²) < 4.78 is 1.25. The van der Waals surface area contributed by atoms with Gasteiger partial charge in [-0.1, -0.05) is 0 Å². The van der Waals surface area contributed by atoms with Crippen LogP contribution in [0.2, 0.25) is 0 Å². The molecule has 0 fully saturated rings. The summed E-state index contributed by atoms with van der Waals surface area (Å²) in [5.74, 6) is -0.803. The van der Waals surface area contributed by atoms with Gasteiger partial charge in [-0.05, 0) is 6.42 Å². The quantitative estimate of drug-likeness (QED) is 0.822. The number of carbonyl (C=O) groups excluding carboxylic acids is 1. The Bertz CT molecular complexity index is 564. The van der Waals surface area contributed by atoms with Gasteiger partial charge in [0.2, 0.25) is 5.91 Å². The Morgan fingerprint density at radius 3 is 3.00 bits per heavy atom. The number of carbonyl (C=O) groups is 2. The van der Waals surface area contributed by atoms with Crippen LogP contribution in [0.15, 0.2) is 23.2 Å². The number of aryl methyl sites for hydroxylation is 1. The highest BCUT2D eigenvalue weighted by atomic mass is 32.1. The minimum Gasteiger partial charge on any atom is -0.480 e. The van der Waals surface area contributed by atoms with Gasteiger partial charge < -0.3 is 10.4 Å². The molecule has 2 N–H and O–H groups in total. The lowest BCUT2D eigenvalue weighted by atomic mass is 10.2. The van der Waals surface area contributed by atoms with Crippen molar-refractivity contribution in [3.05, 3.63) is 28.8 Å². The minimum absolute atomic E-state index is 0.173. The molecule has 19 heavy (non-hydrogen) atoms.